The van der Waals surface area contributed by atoms with E-state index in [1.807, 2.05) is 12.7 Å². The van der Waals surface area contributed by atoms with Crippen LogP contribution in [0, 0.1) is 11.2 Å². The molecule has 4 rings (SSSR count). The van der Waals surface area contributed by atoms with E-state index in [1.165, 1.54) is 12.1 Å². The summed E-state index contributed by atoms with van der Waals surface area (Å²) in [6, 6.07) is 13.8. The topological polar surface area (TPSA) is 98.2 Å². The number of rotatable bonds is 5. The molecule has 1 aliphatic rings. The zero-order chi connectivity index (χ0) is 23.4. The summed E-state index contributed by atoms with van der Waals surface area (Å²) in [6.07, 6.45) is 3.77. The van der Waals surface area contributed by atoms with E-state index in [9.17, 15) is 14.0 Å². The Hall–Kier alpha value is -4.01. The lowest BCUT2D eigenvalue weighted by molar-refractivity contribution is 0.102. The number of anilines is 2. The van der Waals surface area contributed by atoms with Gasteiger partial charge in [0.05, 0.1) is 11.3 Å². The van der Waals surface area contributed by atoms with Crippen LogP contribution in [0.1, 0.15) is 39.1 Å². The molecule has 33 heavy (non-hydrogen) atoms. The number of carbonyl (C=O) groups excluding carboxylic acids is 2. The van der Waals surface area contributed by atoms with Gasteiger partial charge in [0.1, 0.15) is 25.3 Å². The fourth-order valence-corrected chi connectivity index (χ4v) is 3.64. The van der Waals surface area contributed by atoms with E-state index in [-0.39, 0.29) is 11.3 Å². The lowest BCUT2D eigenvalue weighted by atomic mass is 9.99. The third-order valence-corrected chi connectivity index (χ3v) is 5.47. The summed E-state index contributed by atoms with van der Waals surface area (Å²) in [4.78, 5) is 31.7. The molecule has 0 bridgehead atoms. The van der Waals surface area contributed by atoms with Gasteiger partial charge in [-0.05, 0) is 49.2 Å². The molecular formula is C24H23BFN5O2. The first kappa shape index (κ1) is 22.2. The summed E-state index contributed by atoms with van der Waals surface area (Å²) in [5.74, 6) is -0.858. The number of carbonyl (C=O) groups is 2. The highest BCUT2D eigenvalue weighted by Crippen LogP contribution is 2.20. The number of amidine groups is 1. The number of aromatic nitrogens is 1. The Morgan fingerprint density at radius 1 is 0.939 bits per heavy atom. The molecule has 9 heteroatoms. The maximum Gasteiger partial charge on any atom is 0.259 e. The molecule has 1 saturated heterocycles. The summed E-state index contributed by atoms with van der Waals surface area (Å²) < 4.78 is 13.9. The lowest BCUT2D eigenvalue weighted by Gasteiger charge is -2.18. The average molecular weight is 443 g/mol. The molecule has 0 aliphatic carbocycles. The monoisotopic (exact) mass is 443 g/mol. The molecule has 1 aromatic heterocycles. The second kappa shape index (κ2) is 9.64. The first-order valence-corrected chi connectivity index (χ1v) is 10.7. The van der Waals surface area contributed by atoms with Gasteiger partial charge in [0.15, 0.2) is 0 Å². The van der Waals surface area contributed by atoms with Gasteiger partial charge in [-0.25, -0.2) is 9.37 Å². The van der Waals surface area contributed by atoms with Gasteiger partial charge < -0.3 is 15.5 Å². The molecule has 166 valence electrons. The van der Waals surface area contributed by atoms with E-state index in [4.69, 9.17) is 5.41 Å². The van der Waals surface area contributed by atoms with Gasteiger partial charge in [-0.15, -0.1) is 0 Å². The first-order chi connectivity index (χ1) is 15.9. The number of nitrogens with zero attached hydrogens (tertiary/aromatic N) is 2. The lowest BCUT2D eigenvalue weighted by Crippen LogP contribution is -2.27. The fraction of sp³-hybridized carbons (Fsp3) is 0.167. The molecule has 0 spiro atoms. The van der Waals surface area contributed by atoms with Crippen molar-refractivity contribution in [3.63, 3.8) is 0 Å². The molecule has 7 nitrogen and oxygen atoms in total. The zero-order valence-corrected chi connectivity index (χ0v) is 18.2. The van der Waals surface area contributed by atoms with Crippen LogP contribution in [-0.4, -0.2) is 48.5 Å². The van der Waals surface area contributed by atoms with Crippen LogP contribution < -0.4 is 16.1 Å². The first-order valence-electron chi connectivity index (χ1n) is 10.7. The predicted octanol–water partition coefficient (Wildman–Crippen LogP) is 2.40. The minimum Gasteiger partial charge on any atom is -0.357 e. The van der Waals surface area contributed by atoms with Gasteiger partial charge in [-0.2, -0.15) is 0 Å². The molecule has 1 fully saturated rings. The summed E-state index contributed by atoms with van der Waals surface area (Å²) >= 11 is 0. The number of likely N-dealkylation sites (tertiary alicyclic amines) is 1. The van der Waals surface area contributed by atoms with E-state index in [1.54, 1.807) is 42.6 Å². The highest BCUT2D eigenvalue weighted by atomic mass is 19.1. The van der Waals surface area contributed by atoms with E-state index >= 15 is 0 Å². The Labute approximate surface area is 191 Å². The second-order valence-corrected chi connectivity index (χ2v) is 7.94. The SMILES string of the molecule is Bc1ccc(NC(=O)c2cc(F)ccc2NC(=O)c2ccc(C(=N)N3CCCC3)cc2)nc1. The number of amides is 2. The van der Waals surface area contributed by atoms with Crippen LogP contribution >= 0.6 is 0 Å². The highest BCUT2D eigenvalue weighted by molar-refractivity contribution is 6.32. The Morgan fingerprint density at radius 2 is 1.64 bits per heavy atom. The summed E-state index contributed by atoms with van der Waals surface area (Å²) in [5, 5.41) is 13.6. The van der Waals surface area contributed by atoms with Crippen molar-refractivity contribution in [2.24, 2.45) is 0 Å². The largest absolute Gasteiger partial charge is 0.357 e. The van der Waals surface area contributed by atoms with E-state index in [2.05, 4.69) is 15.6 Å². The fourth-order valence-electron chi connectivity index (χ4n) is 3.64. The molecule has 1 aliphatic heterocycles. The van der Waals surface area contributed by atoms with Crippen molar-refractivity contribution in [3.8, 4) is 0 Å². The summed E-state index contributed by atoms with van der Waals surface area (Å²) in [6.45, 7) is 1.74. The predicted molar refractivity (Wildman–Crippen MR) is 129 cm³/mol. The molecule has 3 aromatic rings. The second-order valence-electron chi connectivity index (χ2n) is 7.94. The number of pyridine rings is 1. The van der Waals surface area contributed by atoms with Gasteiger partial charge in [0.25, 0.3) is 11.8 Å². The molecule has 0 radical (unpaired) electrons. The Morgan fingerprint density at radius 3 is 2.30 bits per heavy atom. The van der Waals surface area contributed by atoms with E-state index in [0.29, 0.717) is 17.2 Å². The maximum absolute atomic E-state index is 13.9. The van der Waals surface area contributed by atoms with Gasteiger partial charge in [-0.3, -0.25) is 15.0 Å². The van der Waals surface area contributed by atoms with Crippen LogP contribution in [0.5, 0.6) is 0 Å². The summed E-state index contributed by atoms with van der Waals surface area (Å²) in [7, 11) is 1.88. The summed E-state index contributed by atoms with van der Waals surface area (Å²) in [5.41, 5.74) is 2.20. The van der Waals surface area contributed by atoms with Crippen molar-refractivity contribution < 1.29 is 14.0 Å². The Kier molecular flexibility index (Phi) is 6.49. The van der Waals surface area contributed by atoms with E-state index in [0.717, 1.165) is 43.0 Å². The van der Waals surface area contributed by atoms with Crippen molar-refractivity contribution in [3.05, 3.63) is 83.3 Å². The van der Waals surface area contributed by atoms with Crippen LogP contribution in [0.4, 0.5) is 15.9 Å². The van der Waals surface area contributed by atoms with Crippen LogP contribution in [0.3, 0.4) is 0 Å². The number of hydrogen-bond donors (Lipinski definition) is 3. The van der Waals surface area contributed by atoms with Crippen molar-refractivity contribution >= 4 is 42.5 Å². The molecule has 2 amide bonds. The third-order valence-electron chi connectivity index (χ3n) is 5.47. The van der Waals surface area contributed by atoms with Crippen molar-refractivity contribution in [1.29, 1.82) is 5.41 Å². The Balaban J connectivity index is 1.49. The van der Waals surface area contributed by atoms with Gasteiger partial charge in [-0.1, -0.05) is 23.7 Å². The van der Waals surface area contributed by atoms with E-state index < -0.39 is 17.6 Å². The number of halogens is 1. The van der Waals surface area contributed by atoms with Gasteiger partial charge in [0, 0.05) is 30.4 Å². The van der Waals surface area contributed by atoms with Gasteiger partial charge >= 0.3 is 0 Å². The molecule has 2 aromatic carbocycles. The van der Waals surface area contributed by atoms with Crippen molar-refractivity contribution in [2.75, 3.05) is 23.7 Å². The normalized spacial score (nSPS) is 12.9. The quantitative estimate of drug-likeness (QED) is 0.321. The van der Waals surface area contributed by atoms with Crippen LogP contribution in [0.2, 0.25) is 0 Å². The van der Waals surface area contributed by atoms with Crippen LogP contribution in [0.25, 0.3) is 0 Å². The third kappa shape index (κ3) is 5.26. The van der Waals surface area contributed by atoms with Crippen molar-refractivity contribution in [2.45, 2.75) is 12.8 Å². The minimum absolute atomic E-state index is 0.0156. The molecule has 0 saturated carbocycles. The number of hydrogen-bond acceptors (Lipinski definition) is 4. The molecule has 2 heterocycles. The Bertz CT molecular complexity index is 1190. The maximum atomic E-state index is 13.9. The average Bonchev–Trinajstić information content (AvgIpc) is 3.36. The highest BCUT2D eigenvalue weighted by Gasteiger charge is 2.18. The zero-order valence-electron chi connectivity index (χ0n) is 18.2. The van der Waals surface area contributed by atoms with Crippen LogP contribution in [0.15, 0.2) is 60.8 Å². The minimum atomic E-state index is -0.597. The van der Waals surface area contributed by atoms with Gasteiger partial charge in [0.2, 0.25) is 0 Å². The number of benzene rings is 2. The molecular weight excluding hydrogens is 420 g/mol. The van der Waals surface area contributed by atoms with Crippen LogP contribution in [-0.2, 0) is 0 Å². The smallest absolute Gasteiger partial charge is 0.259 e. The van der Waals surface area contributed by atoms with Crippen molar-refractivity contribution in [1.82, 2.24) is 9.88 Å². The molecule has 3 N–H and O–H groups in total. The molecule has 0 atom stereocenters. The number of nitrogens with one attached hydrogen (secondary N) is 3. The standard InChI is InChI=1S/C24H23BFN5O2/c25-17-7-10-21(28-14-17)30-24(33)19-13-18(26)8-9-20(19)29-23(32)16-5-3-15(4-6-16)22(27)31-11-1-2-12-31/h3-10,13-14,27H,1-2,11-12,25H2,(H,29,32)(H,28,30,33). The molecule has 0 unspecified atom stereocenters.